The van der Waals surface area contributed by atoms with Crippen LogP contribution in [-0.4, -0.2) is 35.4 Å². The molecule has 106 valence electrons. The molecule has 0 atom stereocenters. The molecule has 0 saturated carbocycles. The summed E-state index contributed by atoms with van der Waals surface area (Å²) in [6.07, 6.45) is 1.60. The monoisotopic (exact) mass is 273 g/mol. The molecule has 20 heavy (non-hydrogen) atoms. The van der Waals surface area contributed by atoms with E-state index in [0.29, 0.717) is 24.9 Å². The van der Waals surface area contributed by atoms with Crippen LogP contribution in [0.2, 0.25) is 0 Å². The van der Waals surface area contributed by atoms with Crippen LogP contribution in [0.1, 0.15) is 11.1 Å². The van der Waals surface area contributed by atoms with Gasteiger partial charge in [0.25, 0.3) is 0 Å². The Morgan fingerprint density at radius 2 is 2.10 bits per heavy atom. The average molecular weight is 273 g/mol. The van der Waals surface area contributed by atoms with Crippen LogP contribution in [0, 0.1) is 13.8 Å². The maximum absolute atomic E-state index is 4.96. The number of rotatable bonds is 6. The molecule has 1 aromatic heterocycles. The van der Waals surface area contributed by atoms with Crippen molar-refractivity contribution in [1.82, 2.24) is 15.2 Å². The molecule has 0 fully saturated rings. The number of nitrogens with zero attached hydrogens (tertiary/aromatic N) is 3. The first-order valence-electron chi connectivity index (χ1n) is 6.46. The number of benzene rings is 1. The zero-order chi connectivity index (χ0) is 14.4. The minimum atomic E-state index is 0.484. The zero-order valence-corrected chi connectivity index (χ0v) is 12.0. The van der Waals surface area contributed by atoms with Crippen molar-refractivity contribution < 1.29 is 4.74 Å². The van der Waals surface area contributed by atoms with E-state index in [1.807, 2.05) is 6.92 Å². The predicted octanol–water partition coefficient (Wildman–Crippen LogP) is 2.29. The average Bonchev–Trinajstić information content (AvgIpc) is 2.44. The Hall–Kier alpha value is -2.21. The smallest absolute Gasteiger partial charge is 0.244 e. The highest BCUT2D eigenvalue weighted by Crippen LogP contribution is 2.20. The normalized spacial score (nSPS) is 10.3. The first-order chi connectivity index (χ1) is 9.69. The first-order valence-corrected chi connectivity index (χ1v) is 6.46. The van der Waals surface area contributed by atoms with Gasteiger partial charge < -0.3 is 15.4 Å². The van der Waals surface area contributed by atoms with Crippen molar-refractivity contribution in [3.05, 3.63) is 35.5 Å². The van der Waals surface area contributed by atoms with Gasteiger partial charge >= 0.3 is 0 Å². The second-order valence-electron chi connectivity index (χ2n) is 4.53. The molecule has 0 radical (unpaired) electrons. The summed E-state index contributed by atoms with van der Waals surface area (Å²) in [5.41, 5.74) is 3.37. The fourth-order valence-electron chi connectivity index (χ4n) is 1.71. The standard InChI is InChI=1S/C14H19N5O/c1-10-4-5-11(2)12(8-10)17-13-9-16-19-14(18-13)15-6-7-20-3/h4-5,8-9H,6-7H2,1-3H3,(H2,15,17,18,19). The van der Waals surface area contributed by atoms with Gasteiger partial charge in [0.2, 0.25) is 5.95 Å². The molecule has 1 heterocycles. The third-order valence-corrected chi connectivity index (χ3v) is 2.80. The SMILES string of the molecule is COCCNc1nncc(Nc2cc(C)ccc2C)n1. The molecule has 2 aromatic rings. The van der Waals surface area contributed by atoms with E-state index in [4.69, 9.17) is 4.74 Å². The summed E-state index contributed by atoms with van der Waals surface area (Å²) in [6, 6.07) is 6.23. The molecule has 2 rings (SSSR count). The highest BCUT2D eigenvalue weighted by atomic mass is 16.5. The summed E-state index contributed by atoms with van der Waals surface area (Å²) in [7, 11) is 1.65. The first kappa shape index (κ1) is 14.2. The van der Waals surface area contributed by atoms with Gasteiger partial charge in [-0.05, 0) is 31.0 Å². The highest BCUT2D eigenvalue weighted by molar-refractivity contribution is 5.61. The number of methoxy groups -OCH3 is 1. The molecule has 0 spiro atoms. The third kappa shape index (κ3) is 3.89. The van der Waals surface area contributed by atoms with Gasteiger partial charge in [-0.1, -0.05) is 12.1 Å². The Kier molecular flexibility index (Phi) is 4.84. The van der Waals surface area contributed by atoms with Crippen LogP contribution in [0.25, 0.3) is 0 Å². The number of hydrogen-bond donors (Lipinski definition) is 2. The van der Waals surface area contributed by atoms with Gasteiger partial charge in [-0.3, -0.25) is 0 Å². The van der Waals surface area contributed by atoms with Crippen LogP contribution in [-0.2, 0) is 4.74 Å². The van der Waals surface area contributed by atoms with Crippen LogP contribution in [0.3, 0.4) is 0 Å². The minimum Gasteiger partial charge on any atom is -0.383 e. The highest BCUT2D eigenvalue weighted by Gasteiger charge is 2.03. The van der Waals surface area contributed by atoms with E-state index in [2.05, 4.69) is 50.9 Å². The van der Waals surface area contributed by atoms with Crippen LogP contribution in [0.4, 0.5) is 17.5 Å². The minimum absolute atomic E-state index is 0.484. The van der Waals surface area contributed by atoms with Crippen molar-refractivity contribution >= 4 is 17.5 Å². The lowest BCUT2D eigenvalue weighted by atomic mass is 10.1. The fraction of sp³-hybridized carbons (Fsp3) is 0.357. The molecule has 0 saturated heterocycles. The summed E-state index contributed by atoms with van der Waals surface area (Å²) < 4.78 is 4.96. The van der Waals surface area contributed by atoms with E-state index in [1.165, 1.54) is 5.56 Å². The lowest BCUT2D eigenvalue weighted by Crippen LogP contribution is -2.11. The van der Waals surface area contributed by atoms with E-state index < -0.39 is 0 Å². The molecule has 0 bridgehead atoms. The Morgan fingerprint density at radius 3 is 2.90 bits per heavy atom. The molecule has 0 aliphatic heterocycles. The molecular formula is C14H19N5O. The summed E-state index contributed by atoms with van der Waals surface area (Å²) in [5, 5.41) is 14.2. The van der Waals surface area contributed by atoms with Crippen molar-refractivity contribution in [1.29, 1.82) is 0 Å². The van der Waals surface area contributed by atoms with Gasteiger partial charge in [-0.25, -0.2) is 0 Å². The number of hydrogen-bond acceptors (Lipinski definition) is 6. The predicted molar refractivity (Wildman–Crippen MR) is 79.4 cm³/mol. The zero-order valence-electron chi connectivity index (χ0n) is 12.0. The van der Waals surface area contributed by atoms with Crippen molar-refractivity contribution in [2.24, 2.45) is 0 Å². The molecule has 1 aromatic carbocycles. The van der Waals surface area contributed by atoms with E-state index >= 15 is 0 Å². The topological polar surface area (TPSA) is 72.0 Å². The summed E-state index contributed by atoms with van der Waals surface area (Å²) >= 11 is 0. The van der Waals surface area contributed by atoms with Crippen LogP contribution in [0.5, 0.6) is 0 Å². The van der Waals surface area contributed by atoms with Gasteiger partial charge in [0, 0.05) is 19.3 Å². The quantitative estimate of drug-likeness (QED) is 0.787. The number of nitrogens with one attached hydrogen (secondary N) is 2. The van der Waals surface area contributed by atoms with Crippen LogP contribution < -0.4 is 10.6 Å². The summed E-state index contributed by atoms with van der Waals surface area (Å²) in [6.45, 7) is 5.35. The van der Waals surface area contributed by atoms with Gasteiger partial charge in [0.05, 0.1) is 12.8 Å². The number of anilines is 3. The Bertz CT molecular complexity index is 573. The van der Waals surface area contributed by atoms with Crippen LogP contribution in [0.15, 0.2) is 24.4 Å². The Morgan fingerprint density at radius 1 is 1.25 bits per heavy atom. The van der Waals surface area contributed by atoms with Crippen molar-refractivity contribution in [3.8, 4) is 0 Å². The van der Waals surface area contributed by atoms with E-state index in [9.17, 15) is 0 Å². The van der Waals surface area contributed by atoms with Crippen LogP contribution >= 0.6 is 0 Å². The molecular weight excluding hydrogens is 254 g/mol. The molecule has 0 unspecified atom stereocenters. The summed E-state index contributed by atoms with van der Waals surface area (Å²) in [4.78, 5) is 4.36. The number of aromatic nitrogens is 3. The third-order valence-electron chi connectivity index (χ3n) is 2.80. The van der Waals surface area contributed by atoms with Gasteiger partial charge in [0.15, 0.2) is 5.82 Å². The van der Waals surface area contributed by atoms with Gasteiger partial charge in [-0.2, -0.15) is 10.1 Å². The maximum atomic E-state index is 4.96. The Labute approximate surface area is 118 Å². The second kappa shape index (κ2) is 6.81. The number of aryl methyl sites for hydroxylation is 2. The summed E-state index contributed by atoms with van der Waals surface area (Å²) in [5.74, 6) is 1.14. The lowest BCUT2D eigenvalue weighted by Gasteiger charge is -2.10. The molecule has 6 nitrogen and oxygen atoms in total. The van der Waals surface area contributed by atoms with Gasteiger partial charge in [0.1, 0.15) is 0 Å². The molecule has 0 aliphatic carbocycles. The second-order valence-corrected chi connectivity index (χ2v) is 4.53. The fourth-order valence-corrected chi connectivity index (χ4v) is 1.71. The largest absolute Gasteiger partial charge is 0.383 e. The van der Waals surface area contributed by atoms with E-state index in [1.54, 1.807) is 13.3 Å². The molecule has 2 N–H and O–H groups in total. The van der Waals surface area contributed by atoms with Crippen molar-refractivity contribution in [2.75, 3.05) is 30.9 Å². The van der Waals surface area contributed by atoms with Crippen molar-refractivity contribution in [3.63, 3.8) is 0 Å². The lowest BCUT2D eigenvalue weighted by molar-refractivity contribution is 0.210. The van der Waals surface area contributed by atoms with Crippen molar-refractivity contribution in [2.45, 2.75) is 13.8 Å². The molecule has 0 aliphatic rings. The molecule has 6 heteroatoms. The Balaban J connectivity index is 2.09. The van der Waals surface area contributed by atoms with E-state index in [0.717, 1.165) is 11.3 Å². The maximum Gasteiger partial charge on any atom is 0.244 e. The van der Waals surface area contributed by atoms with Gasteiger partial charge in [-0.15, -0.1) is 5.10 Å². The molecule has 0 amide bonds. The number of ether oxygens (including phenoxy) is 1. The van der Waals surface area contributed by atoms with E-state index in [-0.39, 0.29) is 0 Å².